The Morgan fingerprint density at radius 3 is 1.37 bits per heavy atom. The fraction of sp³-hybridized carbons (Fsp3) is 0.542. The van der Waals surface area contributed by atoms with Gasteiger partial charge in [0.1, 0.15) is 17.1 Å². The number of hydrogen-bond acceptors (Lipinski definition) is 13. The number of fused-ring (bicyclic) bond motifs is 15. The highest BCUT2D eigenvalue weighted by atomic mass is 16.5. The monoisotopic (exact) mass is 1780 g/mol. The van der Waals surface area contributed by atoms with Gasteiger partial charge in [-0.15, -0.1) is 0 Å². The second-order valence-corrected chi connectivity index (χ2v) is 42.5. The van der Waals surface area contributed by atoms with E-state index in [1.807, 2.05) is 24.3 Å². The Kier molecular flexibility index (Phi) is 32.6. The fourth-order valence-corrected chi connectivity index (χ4v) is 25.2. The number of methoxy groups -OCH3 is 1. The van der Waals surface area contributed by atoms with Crippen molar-refractivity contribution >= 4 is 0 Å². The third-order valence-electron chi connectivity index (χ3n) is 33.8. The standard InChI is InChI=1S/C28H37NO3.C26H35NO2.C24H31NO.C22H27NO.C18H27NO.5H2/c30-28(25-7-2-1-3-8-25,26-20-29-16-11-23(26)12-17-29)15-10-24-6-4-5-9-27(24)32-21-22-13-18-31-19-14-22;1-19(2)23-8-4-6-20(14-23)16-26(28,17-21-7-5-9-24(15-21)29-3)25-18-27-12-10-22(25)11-13-27;1-16-5-7-21(13-18(16)3)24(26,22-8-6-17(2)19(4)14-22)23-15-25-11-9-20(23)10-12-25;1-17-7-5-6-10-20(17)22(24-16-18-8-3-2-4-9-18)21-15-23-13-11-19(21)12-14-23;1-14(2)18(20,12-15-6-4-3-5-7-15)17-13-19-10-8-16(17)9-11-19;;;;;/h1-9,22-23,26,30H,10-21H2;4-9,14-15,19,22,25,28H,10-13,16-18H2,1-3H3;5-8,13-14,20,23,26H,9-12,15H2,1-4H3;2-10,19,21-22H,11-16H2,1H3;3-7,14,16-17,20H,8-13H2,1-2H3;5*1H. The summed E-state index contributed by atoms with van der Waals surface area (Å²) in [5, 5.41) is 48.2. The summed E-state index contributed by atoms with van der Waals surface area (Å²) in [5.74, 6) is 8.52. The van der Waals surface area contributed by atoms with Crippen molar-refractivity contribution in [2.75, 3.05) is 125 Å². The zero-order valence-corrected chi connectivity index (χ0v) is 81.1. The van der Waals surface area contributed by atoms with E-state index in [4.69, 9.17) is 18.9 Å². The second kappa shape index (κ2) is 44.3. The average Bonchev–Trinajstić information content (AvgIpc) is 0.736. The van der Waals surface area contributed by atoms with Crippen molar-refractivity contribution in [3.8, 4) is 11.5 Å². The van der Waals surface area contributed by atoms with Crippen LogP contribution in [0.2, 0.25) is 0 Å². The minimum atomic E-state index is -0.916. The maximum Gasteiger partial charge on any atom is 0.122 e. The van der Waals surface area contributed by atoms with Crippen LogP contribution in [-0.2, 0) is 53.0 Å². The topological polar surface area (TPSA) is 134 Å². The molecule has 0 saturated carbocycles. The van der Waals surface area contributed by atoms with E-state index in [2.05, 4.69) is 287 Å². The third-order valence-corrected chi connectivity index (χ3v) is 33.8. The number of piperidine rings is 15. The molecule has 0 aliphatic carbocycles. The molecule has 16 heterocycles. The summed E-state index contributed by atoms with van der Waals surface area (Å²) in [7, 11) is 1.70. The number of para-hydroxylation sites is 1. The van der Waals surface area contributed by atoms with E-state index in [-0.39, 0.29) is 19.2 Å². The molecule has 25 rings (SSSR count). The Morgan fingerprint density at radius 1 is 0.405 bits per heavy atom. The van der Waals surface area contributed by atoms with E-state index in [9.17, 15) is 20.4 Å². The maximum absolute atomic E-state index is 12.3. The van der Waals surface area contributed by atoms with Crippen molar-refractivity contribution in [3.05, 3.63) is 308 Å². The predicted octanol–water partition coefficient (Wildman–Crippen LogP) is 22.6. The fourth-order valence-electron chi connectivity index (χ4n) is 25.2. The molecule has 16 aliphatic heterocycles. The normalized spacial score (nSPS) is 27.4. The van der Waals surface area contributed by atoms with Gasteiger partial charge in [-0.1, -0.05) is 234 Å². The van der Waals surface area contributed by atoms with Gasteiger partial charge in [0.05, 0.1) is 43.2 Å². The Hall–Kier alpha value is -7.86. The molecule has 0 amide bonds. The quantitative estimate of drug-likeness (QED) is 0.0390. The summed E-state index contributed by atoms with van der Waals surface area (Å²) in [6.45, 7) is 40.3. The average molecular weight is 1780 g/mol. The van der Waals surface area contributed by atoms with Gasteiger partial charge in [0.2, 0.25) is 0 Å². The van der Waals surface area contributed by atoms with Gasteiger partial charge in [-0.25, -0.2) is 0 Å². The molecule has 0 aromatic heterocycles. The van der Waals surface area contributed by atoms with Crippen LogP contribution in [-0.4, -0.2) is 181 Å². The first kappa shape index (κ1) is 96.3. The van der Waals surface area contributed by atoms with Crippen LogP contribution < -0.4 is 9.47 Å². The third kappa shape index (κ3) is 23.3. The molecular formula is C118H167N5O8. The van der Waals surface area contributed by atoms with Crippen LogP contribution in [0.15, 0.2) is 224 Å². The van der Waals surface area contributed by atoms with Crippen molar-refractivity contribution in [3.63, 3.8) is 0 Å². The zero-order valence-electron chi connectivity index (χ0n) is 81.1. The predicted molar refractivity (Wildman–Crippen MR) is 544 cm³/mol. The minimum Gasteiger partial charge on any atom is -0.497 e. The highest BCUT2D eigenvalue weighted by Gasteiger charge is 2.53. The number of benzene rings is 9. The molecule has 0 radical (unpaired) electrons. The number of nitrogens with zero attached hydrogens (tertiary/aromatic N) is 5. The van der Waals surface area contributed by atoms with E-state index < -0.39 is 22.4 Å². The molecule has 4 N–H and O–H groups in total. The minimum absolute atomic E-state index is 0. The van der Waals surface area contributed by atoms with Crippen molar-refractivity contribution in [1.82, 2.24) is 24.5 Å². The molecule has 0 spiro atoms. The molecule has 9 aromatic carbocycles. The number of aryl methyl sites for hydroxylation is 6. The van der Waals surface area contributed by atoms with Gasteiger partial charge in [0.15, 0.2) is 0 Å². The first-order valence-electron chi connectivity index (χ1n) is 51.0. The van der Waals surface area contributed by atoms with Gasteiger partial charge >= 0.3 is 0 Å². The molecule has 9 aromatic rings. The molecule has 13 heteroatoms. The zero-order chi connectivity index (χ0) is 91.2. The van der Waals surface area contributed by atoms with Gasteiger partial charge in [-0.2, -0.15) is 0 Å². The number of aliphatic hydroxyl groups is 4. The Bertz CT molecular complexity index is 5020. The van der Waals surface area contributed by atoms with Crippen LogP contribution in [0.25, 0.3) is 0 Å². The lowest BCUT2D eigenvalue weighted by Crippen LogP contribution is -2.59. The van der Waals surface area contributed by atoms with Crippen LogP contribution in [0.5, 0.6) is 11.5 Å². The lowest BCUT2D eigenvalue weighted by atomic mass is 9.64. The molecule has 9 atom stereocenters. The van der Waals surface area contributed by atoms with Crippen LogP contribution >= 0.6 is 0 Å². The van der Waals surface area contributed by atoms with E-state index in [1.165, 1.54) is 197 Å². The lowest BCUT2D eigenvalue weighted by Gasteiger charge is -2.52. The Morgan fingerprint density at radius 2 is 0.870 bits per heavy atom. The summed E-state index contributed by atoms with van der Waals surface area (Å²) >= 11 is 0. The number of hydrogen-bond donors (Lipinski definition) is 4. The SMILES string of the molecule is CC(C)C(O)(Cc1ccccc1)C1CN2CCC1CC2.COc1cccc(CC(O)(Cc2cccc(C(C)C)c2)C2CN3CCC2CC3)c1.Cc1ccc(C(O)(c2ccc(C)c(C)c2)C2CN3CCC2CC3)cc1C.Cc1ccccc1C(OCc1ccccc1)C1CN2CCC1CC2.OC(CCc1ccccc1OCC1CCOCC1)(c1ccccc1)C1CN2CCC1CC2.[HH].[HH].[HH].[HH].[HH]. The Labute approximate surface area is 794 Å². The van der Waals surface area contributed by atoms with Crippen LogP contribution in [0.4, 0.5) is 0 Å². The summed E-state index contributed by atoms with van der Waals surface area (Å²) in [6.07, 6.45) is 18.6. The summed E-state index contributed by atoms with van der Waals surface area (Å²) < 4.78 is 23.8. The lowest BCUT2D eigenvalue weighted by molar-refractivity contribution is -0.121. The largest absolute Gasteiger partial charge is 0.497 e. The van der Waals surface area contributed by atoms with Crippen molar-refractivity contribution in [2.24, 2.45) is 71.0 Å². The van der Waals surface area contributed by atoms with E-state index in [0.29, 0.717) is 78.6 Å². The molecule has 131 heavy (non-hydrogen) atoms. The summed E-state index contributed by atoms with van der Waals surface area (Å²) in [6, 6.07) is 78.7. The Balaban J connectivity index is 0.000000163. The summed E-state index contributed by atoms with van der Waals surface area (Å²) in [5.41, 5.74) is 15.4. The van der Waals surface area contributed by atoms with Gasteiger partial charge in [0.25, 0.3) is 0 Å². The second-order valence-electron chi connectivity index (χ2n) is 42.5. The van der Waals surface area contributed by atoms with Crippen molar-refractivity contribution in [2.45, 2.75) is 213 Å². The van der Waals surface area contributed by atoms with Gasteiger partial charge in [-0.05, 0) is 339 Å². The highest BCUT2D eigenvalue weighted by molar-refractivity contribution is 5.45. The molecule has 16 aliphatic rings. The van der Waals surface area contributed by atoms with Gasteiger partial charge in [0, 0.05) is 102 Å². The molecule has 16 saturated heterocycles. The van der Waals surface area contributed by atoms with Crippen LogP contribution in [0.3, 0.4) is 0 Å². The maximum atomic E-state index is 12.3. The van der Waals surface area contributed by atoms with Gasteiger partial charge in [-0.3, -0.25) is 0 Å². The molecule has 16 fully saturated rings. The van der Waals surface area contributed by atoms with E-state index in [0.717, 1.165) is 124 Å². The molecule has 10 bridgehead atoms. The van der Waals surface area contributed by atoms with Crippen LogP contribution in [0, 0.1) is 106 Å². The highest BCUT2D eigenvalue weighted by Crippen LogP contribution is 2.52. The molecular weight excluding hydrogens is 1620 g/mol. The van der Waals surface area contributed by atoms with E-state index in [1.54, 1.807) is 7.11 Å². The van der Waals surface area contributed by atoms with Gasteiger partial charge < -0.3 is 63.9 Å². The molecule has 9 unspecified atom stereocenters. The molecule has 712 valence electrons. The smallest absolute Gasteiger partial charge is 0.122 e. The van der Waals surface area contributed by atoms with Crippen LogP contribution in [0.1, 0.15) is 214 Å². The van der Waals surface area contributed by atoms with Crippen molar-refractivity contribution in [1.29, 1.82) is 0 Å². The summed E-state index contributed by atoms with van der Waals surface area (Å²) in [4.78, 5) is 12.8. The number of rotatable bonds is 27. The first-order valence-corrected chi connectivity index (χ1v) is 51.0. The van der Waals surface area contributed by atoms with Crippen molar-refractivity contribution < 1.29 is 46.5 Å². The first-order chi connectivity index (χ1) is 63.5. The number of ether oxygens (including phenoxy) is 4. The van der Waals surface area contributed by atoms with E-state index >= 15 is 0 Å². The molecule has 13 nitrogen and oxygen atoms in total.